The van der Waals surface area contributed by atoms with E-state index in [0.717, 1.165) is 24.8 Å². The van der Waals surface area contributed by atoms with Gasteiger partial charge in [0.1, 0.15) is 0 Å². The summed E-state index contributed by atoms with van der Waals surface area (Å²) < 4.78 is 0. The summed E-state index contributed by atoms with van der Waals surface area (Å²) in [4.78, 5) is 0. The third-order valence-corrected chi connectivity index (χ3v) is 7.57. The maximum Gasteiger partial charge on any atom is 0.0854 e. The van der Waals surface area contributed by atoms with E-state index in [4.69, 9.17) is 0 Å². The Morgan fingerprint density at radius 2 is 1.82 bits per heavy atom. The van der Waals surface area contributed by atoms with Crippen LogP contribution in [0.15, 0.2) is 11.6 Å². The molecule has 3 aliphatic carbocycles. The zero-order valence-electron chi connectivity index (χ0n) is 15.0. The molecule has 0 aromatic rings. The van der Waals surface area contributed by atoms with Crippen LogP contribution in [0.1, 0.15) is 73.1 Å². The van der Waals surface area contributed by atoms with Gasteiger partial charge in [0.15, 0.2) is 0 Å². The molecule has 0 aliphatic heterocycles. The van der Waals surface area contributed by atoms with Crippen molar-refractivity contribution in [3.8, 4) is 0 Å². The van der Waals surface area contributed by atoms with E-state index in [2.05, 4.69) is 40.7 Å². The van der Waals surface area contributed by atoms with Gasteiger partial charge < -0.3 is 10.2 Å². The van der Waals surface area contributed by atoms with Crippen molar-refractivity contribution in [1.82, 2.24) is 0 Å². The van der Waals surface area contributed by atoms with E-state index in [9.17, 15) is 10.2 Å². The summed E-state index contributed by atoms with van der Waals surface area (Å²) in [6, 6.07) is 0. The molecule has 0 unspecified atom stereocenters. The van der Waals surface area contributed by atoms with Crippen LogP contribution in [0.4, 0.5) is 0 Å². The third kappa shape index (κ3) is 2.29. The fourth-order valence-electron chi connectivity index (χ4n) is 6.03. The lowest BCUT2D eigenvalue weighted by Gasteiger charge is -2.60. The summed E-state index contributed by atoms with van der Waals surface area (Å²) in [6.07, 6.45) is 8.30. The molecule has 5 atom stereocenters. The van der Waals surface area contributed by atoms with Crippen LogP contribution in [-0.2, 0) is 0 Å². The number of aliphatic hydroxyl groups excluding tert-OH is 1. The zero-order chi connectivity index (χ0) is 16.3. The Morgan fingerprint density at radius 1 is 1.14 bits per heavy atom. The molecule has 3 rings (SSSR count). The average Bonchev–Trinajstić information content (AvgIpc) is 2.41. The molecule has 0 amide bonds. The third-order valence-electron chi connectivity index (χ3n) is 7.57. The van der Waals surface area contributed by atoms with Gasteiger partial charge in [-0.25, -0.2) is 0 Å². The minimum Gasteiger partial charge on any atom is -0.389 e. The van der Waals surface area contributed by atoms with Crippen molar-refractivity contribution in [2.75, 3.05) is 0 Å². The van der Waals surface area contributed by atoms with Gasteiger partial charge in [-0.05, 0) is 66.3 Å². The highest BCUT2D eigenvalue weighted by molar-refractivity contribution is 5.29. The Kier molecular flexibility index (Phi) is 3.81. The van der Waals surface area contributed by atoms with E-state index in [1.54, 1.807) is 0 Å². The fourth-order valence-corrected chi connectivity index (χ4v) is 6.03. The first-order chi connectivity index (χ1) is 10.1. The van der Waals surface area contributed by atoms with Crippen molar-refractivity contribution in [2.24, 2.45) is 28.6 Å². The molecule has 2 N–H and O–H groups in total. The Bertz CT molecular complexity index is 478. The topological polar surface area (TPSA) is 40.5 Å². The minimum atomic E-state index is -0.722. The molecule has 3 aliphatic rings. The number of aliphatic hydroxyl groups is 2. The maximum absolute atomic E-state index is 10.9. The molecule has 2 fully saturated rings. The van der Waals surface area contributed by atoms with Crippen molar-refractivity contribution >= 4 is 0 Å². The zero-order valence-corrected chi connectivity index (χ0v) is 15.0. The van der Waals surface area contributed by atoms with E-state index in [1.165, 1.54) is 19.3 Å². The molecule has 0 saturated heterocycles. The summed E-state index contributed by atoms with van der Waals surface area (Å²) >= 11 is 0. The summed E-state index contributed by atoms with van der Waals surface area (Å²) in [5.74, 6) is 1.26. The van der Waals surface area contributed by atoms with Crippen molar-refractivity contribution in [2.45, 2.75) is 84.8 Å². The molecule has 2 nitrogen and oxygen atoms in total. The van der Waals surface area contributed by atoms with E-state index in [0.29, 0.717) is 22.7 Å². The van der Waals surface area contributed by atoms with Crippen molar-refractivity contribution < 1.29 is 10.2 Å². The van der Waals surface area contributed by atoms with E-state index >= 15 is 0 Å². The molecule has 126 valence electrons. The largest absolute Gasteiger partial charge is 0.389 e. The number of fused-ring (bicyclic) bond motifs is 3. The van der Waals surface area contributed by atoms with Crippen LogP contribution in [0, 0.1) is 28.6 Å². The average molecular weight is 306 g/mol. The highest BCUT2D eigenvalue weighted by atomic mass is 16.3. The Hall–Kier alpha value is -0.340. The van der Waals surface area contributed by atoms with Crippen LogP contribution in [0.5, 0.6) is 0 Å². The van der Waals surface area contributed by atoms with Crippen molar-refractivity contribution in [3.05, 3.63) is 11.6 Å². The Balaban J connectivity index is 2.01. The van der Waals surface area contributed by atoms with Gasteiger partial charge in [0.2, 0.25) is 0 Å². The molecule has 0 heterocycles. The molecule has 2 heteroatoms. The Morgan fingerprint density at radius 3 is 2.45 bits per heavy atom. The summed E-state index contributed by atoms with van der Waals surface area (Å²) in [5.41, 5.74) is 1.05. The fraction of sp³-hybridized carbons (Fsp3) is 0.900. The van der Waals surface area contributed by atoms with Gasteiger partial charge in [0, 0.05) is 0 Å². The molecule has 0 aromatic carbocycles. The lowest BCUT2D eigenvalue weighted by atomic mass is 9.45. The van der Waals surface area contributed by atoms with Gasteiger partial charge in [-0.3, -0.25) is 0 Å². The predicted octanol–water partition coefficient (Wildman–Crippen LogP) is 4.31. The number of rotatable bonds is 1. The quantitative estimate of drug-likeness (QED) is 0.709. The maximum atomic E-state index is 10.9. The highest BCUT2D eigenvalue weighted by Crippen LogP contribution is 2.63. The number of hydrogen-bond donors (Lipinski definition) is 2. The standard InChI is InChI=1S/C20H34O2/c1-13(2)20(22)10-7-15-14(12-20)16(21)11-17-18(3,4)8-6-9-19(15,17)5/h12-13,15-17,21-22H,6-11H2,1-5H3/t15-,16-,17-,19-,20-/m1/s1. The second-order valence-corrected chi connectivity index (χ2v) is 9.53. The van der Waals surface area contributed by atoms with Gasteiger partial charge in [-0.2, -0.15) is 0 Å². The van der Waals surface area contributed by atoms with Gasteiger partial charge in [-0.15, -0.1) is 0 Å². The minimum absolute atomic E-state index is 0.210. The van der Waals surface area contributed by atoms with Crippen molar-refractivity contribution in [3.63, 3.8) is 0 Å². The smallest absolute Gasteiger partial charge is 0.0854 e. The first-order valence-electron chi connectivity index (χ1n) is 9.23. The molecular formula is C20H34O2. The summed E-state index contributed by atoms with van der Waals surface area (Å²) in [6.45, 7) is 11.4. The van der Waals surface area contributed by atoms with Crippen LogP contribution in [-0.4, -0.2) is 21.9 Å². The normalized spacial score (nSPS) is 47.6. The molecule has 0 radical (unpaired) electrons. The highest BCUT2D eigenvalue weighted by Gasteiger charge is 2.57. The van der Waals surface area contributed by atoms with E-state index < -0.39 is 5.60 Å². The van der Waals surface area contributed by atoms with Crippen LogP contribution >= 0.6 is 0 Å². The van der Waals surface area contributed by atoms with Crippen LogP contribution in [0.2, 0.25) is 0 Å². The monoisotopic (exact) mass is 306 g/mol. The van der Waals surface area contributed by atoms with E-state index in [1.807, 2.05) is 0 Å². The lowest BCUT2D eigenvalue weighted by Crippen LogP contribution is -2.55. The SMILES string of the molecule is CC(C)[C@]1(O)C=C2[C@H](O)C[C@@H]3C(C)(C)CCC[C@]3(C)[C@@H]2CC1. The second-order valence-electron chi connectivity index (χ2n) is 9.53. The van der Waals surface area contributed by atoms with Crippen LogP contribution in [0.3, 0.4) is 0 Å². The van der Waals surface area contributed by atoms with Crippen LogP contribution in [0.25, 0.3) is 0 Å². The van der Waals surface area contributed by atoms with Gasteiger partial charge >= 0.3 is 0 Å². The predicted molar refractivity (Wildman–Crippen MR) is 90.4 cm³/mol. The molecular weight excluding hydrogens is 272 g/mol. The molecule has 0 bridgehead atoms. The lowest BCUT2D eigenvalue weighted by molar-refractivity contribution is -0.0976. The van der Waals surface area contributed by atoms with Crippen molar-refractivity contribution in [1.29, 1.82) is 0 Å². The summed E-state index contributed by atoms with van der Waals surface area (Å²) in [5, 5.41) is 21.7. The van der Waals surface area contributed by atoms with Gasteiger partial charge in [0.05, 0.1) is 11.7 Å². The first kappa shape index (κ1) is 16.5. The summed E-state index contributed by atoms with van der Waals surface area (Å²) in [7, 11) is 0. The Labute approximate surface area is 136 Å². The van der Waals surface area contributed by atoms with Gasteiger partial charge in [0.25, 0.3) is 0 Å². The van der Waals surface area contributed by atoms with Gasteiger partial charge in [-0.1, -0.05) is 47.1 Å². The molecule has 2 saturated carbocycles. The van der Waals surface area contributed by atoms with Crippen LogP contribution < -0.4 is 0 Å². The molecule has 22 heavy (non-hydrogen) atoms. The first-order valence-corrected chi connectivity index (χ1v) is 9.23. The second kappa shape index (κ2) is 5.08. The van der Waals surface area contributed by atoms with E-state index in [-0.39, 0.29) is 12.0 Å². The molecule has 0 aromatic heterocycles. The molecule has 0 spiro atoms. The number of hydrogen-bond acceptors (Lipinski definition) is 2.